The van der Waals surface area contributed by atoms with Crippen LogP contribution in [0.3, 0.4) is 0 Å². The second-order valence-electron chi connectivity index (χ2n) is 2.28. The van der Waals surface area contributed by atoms with Crippen LogP contribution in [0.5, 0.6) is 0 Å². The number of halogens is 1. The van der Waals surface area contributed by atoms with Gasteiger partial charge in [-0.05, 0) is 40.0 Å². The Kier molecular flexibility index (Phi) is 3.40. The lowest BCUT2D eigenvalue weighted by atomic mass is 10.3. The largest absolute Gasteiger partial charge is 0.296 e. The van der Waals surface area contributed by atoms with Crippen molar-refractivity contribution in [2.24, 2.45) is 4.99 Å². The minimum atomic E-state index is 0.961. The first kappa shape index (κ1) is 9.38. The first-order valence-corrected chi connectivity index (χ1v) is 4.55. The molecule has 62 valence electrons. The van der Waals surface area contributed by atoms with Crippen molar-refractivity contribution in [1.29, 1.82) is 0 Å². The van der Waals surface area contributed by atoms with Gasteiger partial charge in [0.1, 0.15) is 3.70 Å². The van der Waals surface area contributed by atoms with Gasteiger partial charge in [0.15, 0.2) is 0 Å². The molecule has 3 heteroatoms. The normalized spacial score (nSPS) is 12.7. The summed E-state index contributed by atoms with van der Waals surface area (Å²) >= 11 is 2.16. The van der Waals surface area contributed by atoms with Gasteiger partial charge in [-0.25, -0.2) is 4.98 Å². The van der Waals surface area contributed by atoms with Gasteiger partial charge in [0, 0.05) is 24.7 Å². The molecule has 1 rings (SSSR count). The summed E-state index contributed by atoms with van der Waals surface area (Å²) in [7, 11) is 1.74. The number of nitrogens with zero attached hydrogens (tertiary/aromatic N) is 2. The van der Waals surface area contributed by atoms with Crippen LogP contribution in [0, 0.1) is 3.70 Å². The van der Waals surface area contributed by atoms with Gasteiger partial charge >= 0.3 is 0 Å². The van der Waals surface area contributed by atoms with Crippen LogP contribution >= 0.6 is 22.6 Å². The van der Waals surface area contributed by atoms with Crippen molar-refractivity contribution in [1.82, 2.24) is 4.98 Å². The van der Waals surface area contributed by atoms with Crippen molar-refractivity contribution in [3.8, 4) is 0 Å². The SMILES string of the molecule is C=c1cc(I)nc/c1=C/C=N\C. The second kappa shape index (κ2) is 4.35. The third-order valence-corrected chi connectivity index (χ3v) is 1.98. The number of pyridine rings is 1. The molecule has 0 N–H and O–H groups in total. The molecule has 0 aliphatic rings. The summed E-state index contributed by atoms with van der Waals surface area (Å²) in [6.45, 7) is 3.90. The molecule has 0 aromatic carbocycles. The third-order valence-electron chi connectivity index (χ3n) is 1.39. The zero-order valence-corrected chi connectivity index (χ0v) is 8.95. The smallest absolute Gasteiger partial charge is 0.101 e. The van der Waals surface area contributed by atoms with Crippen LogP contribution in [-0.4, -0.2) is 18.2 Å². The van der Waals surface area contributed by atoms with E-state index in [0.29, 0.717) is 0 Å². The Morgan fingerprint density at radius 3 is 3.00 bits per heavy atom. The zero-order chi connectivity index (χ0) is 8.97. The highest BCUT2D eigenvalue weighted by molar-refractivity contribution is 14.1. The number of aromatic nitrogens is 1. The summed E-state index contributed by atoms with van der Waals surface area (Å²) in [5, 5.41) is 2.00. The van der Waals surface area contributed by atoms with Crippen molar-refractivity contribution in [2.75, 3.05) is 7.05 Å². The Balaban J connectivity index is 3.28. The van der Waals surface area contributed by atoms with E-state index < -0.39 is 0 Å². The third kappa shape index (κ3) is 2.41. The van der Waals surface area contributed by atoms with Gasteiger partial charge in [-0.2, -0.15) is 0 Å². The Labute approximate surface area is 84.9 Å². The number of aliphatic imine (C=N–C) groups is 1. The average Bonchev–Trinajstić information content (AvgIpc) is 2.03. The minimum absolute atomic E-state index is 0.961. The second-order valence-corrected chi connectivity index (χ2v) is 3.39. The highest BCUT2D eigenvalue weighted by Crippen LogP contribution is 1.89. The maximum Gasteiger partial charge on any atom is 0.101 e. The van der Waals surface area contributed by atoms with Crippen molar-refractivity contribution in [3.05, 3.63) is 26.4 Å². The van der Waals surface area contributed by atoms with Gasteiger partial charge in [0.25, 0.3) is 0 Å². The Bertz CT molecular complexity index is 395. The van der Waals surface area contributed by atoms with E-state index in [9.17, 15) is 0 Å². The Morgan fingerprint density at radius 2 is 2.42 bits per heavy atom. The molecule has 0 atom stereocenters. The summed E-state index contributed by atoms with van der Waals surface area (Å²) in [6.07, 6.45) is 5.43. The molecule has 1 aromatic heterocycles. The predicted molar refractivity (Wildman–Crippen MR) is 60.6 cm³/mol. The van der Waals surface area contributed by atoms with Gasteiger partial charge in [-0.3, -0.25) is 4.99 Å². The molecule has 0 fully saturated rings. The number of rotatable bonds is 1. The molecule has 0 spiro atoms. The molecule has 1 heterocycles. The summed E-state index contributed by atoms with van der Waals surface area (Å²) in [4.78, 5) is 8.00. The van der Waals surface area contributed by atoms with Crippen molar-refractivity contribution in [2.45, 2.75) is 0 Å². The summed E-state index contributed by atoms with van der Waals surface area (Å²) in [5.41, 5.74) is 0. The van der Waals surface area contributed by atoms with Crippen LogP contribution in [0.25, 0.3) is 12.7 Å². The van der Waals surface area contributed by atoms with Crippen LogP contribution < -0.4 is 10.4 Å². The number of hydrogen-bond donors (Lipinski definition) is 0. The lowest BCUT2D eigenvalue weighted by Crippen LogP contribution is -2.24. The zero-order valence-electron chi connectivity index (χ0n) is 6.79. The molecule has 0 amide bonds. The topological polar surface area (TPSA) is 25.2 Å². The molecular formula is C9H9IN2. The molecule has 1 aromatic rings. The van der Waals surface area contributed by atoms with E-state index in [1.165, 1.54) is 0 Å². The molecule has 2 nitrogen and oxygen atoms in total. The highest BCUT2D eigenvalue weighted by atomic mass is 127. The summed E-state index contributed by atoms with van der Waals surface area (Å²) in [5.74, 6) is 0. The van der Waals surface area contributed by atoms with Crippen molar-refractivity contribution in [3.63, 3.8) is 0 Å². The molecule has 0 aliphatic carbocycles. The first-order chi connectivity index (χ1) is 5.74. The number of hydrogen-bond acceptors (Lipinski definition) is 2. The fourth-order valence-electron chi connectivity index (χ4n) is 0.783. The summed E-state index contributed by atoms with van der Waals surface area (Å²) < 4.78 is 0.961. The fraction of sp³-hybridized carbons (Fsp3) is 0.111. The van der Waals surface area contributed by atoms with Gasteiger partial charge < -0.3 is 0 Å². The average molecular weight is 272 g/mol. The lowest BCUT2D eigenvalue weighted by Gasteiger charge is -1.88. The van der Waals surface area contributed by atoms with Crippen LogP contribution in [-0.2, 0) is 0 Å². The molecule has 0 aliphatic heterocycles. The molecule has 12 heavy (non-hydrogen) atoms. The van der Waals surface area contributed by atoms with E-state index in [2.05, 4.69) is 39.1 Å². The van der Waals surface area contributed by atoms with E-state index in [1.807, 2.05) is 12.1 Å². The van der Waals surface area contributed by atoms with Crippen molar-refractivity contribution < 1.29 is 0 Å². The Morgan fingerprint density at radius 1 is 1.67 bits per heavy atom. The van der Waals surface area contributed by atoms with E-state index in [1.54, 1.807) is 19.5 Å². The molecule has 0 radical (unpaired) electrons. The predicted octanol–water partition coefficient (Wildman–Crippen LogP) is 0.578. The Hall–Kier alpha value is -0.710. The molecule has 0 unspecified atom stereocenters. The molecular weight excluding hydrogens is 263 g/mol. The lowest BCUT2D eigenvalue weighted by molar-refractivity contribution is 1.23. The van der Waals surface area contributed by atoms with Crippen LogP contribution in [0.2, 0.25) is 0 Å². The van der Waals surface area contributed by atoms with Gasteiger partial charge in [0.2, 0.25) is 0 Å². The van der Waals surface area contributed by atoms with Crippen LogP contribution in [0.4, 0.5) is 0 Å². The molecule has 0 saturated heterocycles. The van der Waals surface area contributed by atoms with Crippen molar-refractivity contribution >= 4 is 41.5 Å². The van der Waals surface area contributed by atoms with Gasteiger partial charge in [-0.1, -0.05) is 6.58 Å². The van der Waals surface area contributed by atoms with Crippen LogP contribution in [0.1, 0.15) is 0 Å². The van der Waals surface area contributed by atoms with Gasteiger partial charge in [-0.15, -0.1) is 0 Å². The van der Waals surface area contributed by atoms with E-state index >= 15 is 0 Å². The maximum atomic E-state index is 4.15. The standard InChI is InChI=1S/C9H9IN2/c1-7-5-9(10)12-6-8(7)3-4-11-2/h3-6H,1H2,2H3/b8-3-,11-4-. The van der Waals surface area contributed by atoms with E-state index in [0.717, 1.165) is 14.1 Å². The molecule has 0 bridgehead atoms. The minimum Gasteiger partial charge on any atom is -0.296 e. The fourth-order valence-corrected chi connectivity index (χ4v) is 1.30. The monoisotopic (exact) mass is 272 g/mol. The quantitative estimate of drug-likeness (QED) is 0.417. The van der Waals surface area contributed by atoms with E-state index in [-0.39, 0.29) is 0 Å². The highest BCUT2D eigenvalue weighted by Gasteiger charge is 1.85. The maximum absolute atomic E-state index is 4.15. The van der Waals surface area contributed by atoms with E-state index in [4.69, 9.17) is 0 Å². The van der Waals surface area contributed by atoms with Crippen LogP contribution in [0.15, 0.2) is 17.3 Å². The van der Waals surface area contributed by atoms with Gasteiger partial charge in [0.05, 0.1) is 0 Å². The summed E-state index contributed by atoms with van der Waals surface area (Å²) in [6, 6.07) is 1.94. The molecule has 0 saturated carbocycles. The first-order valence-electron chi connectivity index (χ1n) is 3.47.